The van der Waals surface area contributed by atoms with Crippen LogP contribution in [0.15, 0.2) is 30.3 Å². The fraction of sp³-hybridized carbons (Fsp3) is 0.588. The number of halogens is 1. The number of amides is 2. The first-order valence-electron chi connectivity index (χ1n) is 16.9. The summed E-state index contributed by atoms with van der Waals surface area (Å²) in [6.45, 7) is 14.4. The molecule has 3 saturated heterocycles. The number of piperazine rings is 1. The van der Waals surface area contributed by atoms with Crippen molar-refractivity contribution in [3.05, 3.63) is 46.6 Å². The summed E-state index contributed by atoms with van der Waals surface area (Å²) in [5, 5.41) is 18.9. The van der Waals surface area contributed by atoms with Crippen LogP contribution in [0.1, 0.15) is 82.4 Å². The third-order valence-electron chi connectivity index (χ3n) is 8.90. The van der Waals surface area contributed by atoms with Crippen molar-refractivity contribution in [2.75, 3.05) is 60.9 Å². The van der Waals surface area contributed by atoms with Crippen molar-refractivity contribution in [3.8, 4) is 0 Å². The molecule has 5 heterocycles. The fourth-order valence-electron chi connectivity index (χ4n) is 6.41. The van der Waals surface area contributed by atoms with E-state index in [4.69, 9.17) is 31.2 Å². The van der Waals surface area contributed by atoms with Gasteiger partial charge < -0.3 is 29.3 Å². The Balaban J connectivity index is 1.29. The average Bonchev–Trinajstić information content (AvgIpc) is 3.43. The quantitative estimate of drug-likeness (QED) is 0.309. The largest absolute Gasteiger partial charge is 0.447 e. The SMILES string of the molecule is CC(C)OC(=O)Nc1ccc(Cl)cc1C(=O)N1CCCC[C@H]1c1cc2nc(N3CCC3)cc(N3CCN(C(O)OC(C)(C)C)CC3)n2n1. The maximum Gasteiger partial charge on any atom is 0.411 e. The van der Waals surface area contributed by atoms with Gasteiger partial charge in [0.1, 0.15) is 11.6 Å². The third kappa shape index (κ3) is 7.64. The number of aromatic nitrogens is 3. The predicted molar refractivity (Wildman–Crippen MR) is 185 cm³/mol. The van der Waals surface area contributed by atoms with Crippen LogP contribution >= 0.6 is 11.6 Å². The number of ether oxygens (including phenoxy) is 2. The Morgan fingerprint density at radius 2 is 1.73 bits per heavy atom. The van der Waals surface area contributed by atoms with Gasteiger partial charge in [0, 0.05) is 63.0 Å². The number of aliphatic hydroxyl groups is 1. The van der Waals surface area contributed by atoms with Crippen LogP contribution in [0.25, 0.3) is 5.65 Å². The van der Waals surface area contributed by atoms with Gasteiger partial charge >= 0.3 is 6.09 Å². The van der Waals surface area contributed by atoms with Crippen LogP contribution in [0.5, 0.6) is 0 Å². The molecule has 0 radical (unpaired) electrons. The Labute approximate surface area is 286 Å². The Hall–Kier alpha value is -3.65. The second-order valence-corrected chi connectivity index (χ2v) is 14.4. The molecular weight excluding hydrogens is 636 g/mol. The molecule has 0 bridgehead atoms. The van der Waals surface area contributed by atoms with Gasteiger partial charge in [0.25, 0.3) is 5.91 Å². The number of hydrogen-bond donors (Lipinski definition) is 2. The van der Waals surface area contributed by atoms with E-state index in [2.05, 4.69) is 21.2 Å². The molecule has 0 aliphatic carbocycles. The summed E-state index contributed by atoms with van der Waals surface area (Å²) in [5.74, 6) is 1.60. The van der Waals surface area contributed by atoms with Crippen molar-refractivity contribution in [3.63, 3.8) is 0 Å². The monoisotopic (exact) mass is 682 g/mol. The van der Waals surface area contributed by atoms with Crippen LogP contribution in [0, 0.1) is 0 Å². The lowest BCUT2D eigenvalue weighted by Crippen LogP contribution is -2.53. The van der Waals surface area contributed by atoms with Crippen LogP contribution in [-0.2, 0) is 9.47 Å². The van der Waals surface area contributed by atoms with Gasteiger partial charge in [0.05, 0.1) is 34.7 Å². The van der Waals surface area contributed by atoms with E-state index < -0.39 is 18.1 Å². The molecule has 1 unspecified atom stereocenters. The van der Waals surface area contributed by atoms with E-state index in [1.807, 2.05) is 41.2 Å². The summed E-state index contributed by atoms with van der Waals surface area (Å²) in [5.41, 5.74) is 1.68. The Bertz CT molecular complexity index is 1630. The van der Waals surface area contributed by atoms with Crippen molar-refractivity contribution in [1.29, 1.82) is 0 Å². The molecule has 13 nitrogen and oxygen atoms in total. The first kappa shape index (κ1) is 34.2. The van der Waals surface area contributed by atoms with Crippen molar-refractivity contribution in [2.24, 2.45) is 0 Å². The zero-order chi connectivity index (χ0) is 34.2. The number of piperidine rings is 1. The molecule has 0 saturated carbocycles. The van der Waals surface area contributed by atoms with E-state index in [0.29, 0.717) is 49.0 Å². The van der Waals surface area contributed by atoms with Gasteiger partial charge in [-0.2, -0.15) is 9.61 Å². The molecule has 3 aliphatic heterocycles. The van der Waals surface area contributed by atoms with E-state index in [1.54, 1.807) is 32.0 Å². The van der Waals surface area contributed by atoms with E-state index >= 15 is 0 Å². The summed E-state index contributed by atoms with van der Waals surface area (Å²) in [6, 6.07) is 8.67. The number of nitrogens with zero attached hydrogens (tertiary/aromatic N) is 7. The number of carbonyl (C=O) groups excluding carboxylic acids is 2. The molecule has 48 heavy (non-hydrogen) atoms. The normalized spacial score (nSPS) is 19.8. The Morgan fingerprint density at radius 1 is 0.979 bits per heavy atom. The van der Waals surface area contributed by atoms with Crippen LogP contribution in [0.3, 0.4) is 0 Å². The number of anilines is 3. The van der Waals surface area contributed by atoms with E-state index in [-0.39, 0.29) is 18.1 Å². The maximum absolute atomic E-state index is 14.2. The minimum atomic E-state index is -0.969. The molecule has 2 aromatic heterocycles. The molecule has 14 heteroatoms. The summed E-state index contributed by atoms with van der Waals surface area (Å²) < 4.78 is 13.0. The Kier molecular flexibility index (Phi) is 10.0. The van der Waals surface area contributed by atoms with Gasteiger partial charge in [-0.15, -0.1) is 0 Å². The highest BCUT2D eigenvalue weighted by Gasteiger charge is 2.34. The topological polar surface area (TPSA) is 128 Å². The van der Waals surface area contributed by atoms with Crippen LogP contribution < -0.4 is 15.1 Å². The number of nitrogens with one attached hydrogen (secondary N) is 1. The van der Waals surface area contributed by atoms with Crippen molar-refractivity contribution in [1.82, 2.24) is 24.4 Å². The third-order valence-corrected chi connectivity index (χ3v) is 9.14. The number of aliphatic hydroxyl groups excluding tert-OH is 1. The van der Waals surface area contributed by atoms with E-state index in [0.717, 1.165) is 61.7 Å². The summed E-state index contributed by atoms with van der Waals surface area (Å²) in [7, 11) is 0. The van der Waals surface area contributed by atoms with Crippen LogP contribution in [0.2, 0.25) is 5.02 Å². The number of likely N-dealkylation sites (tertiary alicyclic amines) is 1. The zero-order valence-corrected chi connectivity index (χ0v) is 29.2. The lowest BCUT2D eigenvalue weighted by molar-refractivity contribution is -0.239. The molecule has 0 spiro atoms. The number of fused-ring (bicyclic) bond motifs is 1. The second-order valence-electron chi connectivity index (χ2n) is 14.0. The van der Waals surface area contributed by atoms with Gasteiger partial charge in [0.2, 0.25) is 6.41 Å². The first-order valence-corrected chi connectivity index (χ1v) is 17.3. The fourth-order valence-corrected chi connectivity index (χ4v) is 6.59. The smallest absolute Gasteiger partial charge is 0.411 e. The second kappa shape index (κ2) is 14.1. The summed E-state index contributed by atoms with van der Waals surface area (Å²) in [4.78, 5) is 40.0. The highest BCUT2D eigenvalue weighted by molar-refractivity contribution is 6.31. The lowest BCUT2D eigenvalue weighted by atomic mass is 9.98. The maximum atomic E-state index is 14.2. The number of benzene rings is 1. The van der Waals surface area contributed by atoms with Gasteiger partial charge in [-0.25, -0.2) is 9.78 Å². The molecule has 2 N–H and O–H groups in total. The lowest BCUT2D eigenvalue weighted by Gasteiger charge is -2.40. The highest BCUT2D eigenvalue weighted by atomic mass is 35.5. The molecule has 1 aromatic carbocycles. The minimum Gasteiger partial charge on any atom is -0.447 e. The Morgan fingerprint density at radius 3 is 2.40 bits per heavy atom. The molecule has 3 aromatic rings. The highest BCUT2D eigenvalue weighted by Crippen LogP contribution is 2.35. The van der Waals surface area contributed by atoms with Gasteiger partial charge in [-0.1, -0.05) is 11.6 Å². The van der Waals surface area contributed by atoms with E-state index in [9.17, 15) is 14.7 Å². The van der Waals surface area contributed by atoms with Crippen molar-refractivity contribution < 1.29 is 24.2 Å². The minimum absolute atomic E-state index is 0.235. The van der Waals surface area contributed by atoms with Gasteiger partial charge in [-0.05, 0) is 78.5 Å². The molecule has 6 rings (SSSR count). The molecule has 2 amide bonds. The number of hydrogen-bond acceptors (Lipinski definition) is 10. The predicted octanol–water partition coefficient (Wildman–Crippen LogP) is 5.13. The van der Waals surface area contributed by atoms with Crippen LogP contribution in [-0.4, -0.2) is 105 Å². The van der Waals surface area contributed by atoms with E-state index in [1.165, 1.54) is 0 Å². The molecule has 3 aliphatic rings. The van der Waals surface area contributed by atoms with Gasteiger partial charge in [0.15, 0.2) is 5.65 Å². The van der Waals surface area contributed by atoms with Gasteiger partial charge in [-0.3, -0.25) is 15.0 Å². The summed E-state index contributed by atoms with van der Waals surface area (Å²) in [6.07, 6.45) is 1.76. The number of rotatable bonds is 8. The van der Waals surface area contributed by atoms with Crippen molar-refractivity contribution in [2.45, 2.75) is 84.5 Å². The molecule has 3 fully saturated rings. The zero-order valence-electron chi connectivity index (χ0n) is 28.5. The number of carbonyl (C=O) groups is 2. The first-order chi connectivity index (χ1) is 22.9. The standard InChI is InChI=1S/C34H47ClN8O5/c1-22(2)47-32(45)36-25-11-10-23(35)19-24(25)31(44)42-14-7-6-9-27(42)26-20-29-37-28(39-12-8-13-39)21-30(43(29)38-26)40-15-17-41(18-16-40)33(46)48-34(3,4)5/h10-11,19-22,27,33,46H,6-9,12-18H2,1-5H3,(H,36,45)/t27-,33?/m0/s1. The molecular formula is C34H47ClN8O5. The molecule has 2 atom stereocenters. The molecule has 260 valence electrons. The summed E-state index contributed by atoms with van der Waals surface area (Å²) >= 11 is 6.36. The van der Waals surface area contributed by atoms with Crippen LogP contribution in [0.4, 0.5) is 22.1 Å². The average molecular weight is 683 g/mol. The van der Waals surface area contributed by atoms with Crippen molar-refractivity contribution >= 4 is 46.6 Å².